The van der Waals surface area contributed by atoms with E-state index < -0.39 is 5.97 Å². The van der Waals surface area contributed by atoms with Gasteiger partial charge < -0.3 is 20.5 Å². The Kier molecular flexibility index (Phi) is 5.72. The molecule has 0 unspecified atom stereocenters. The van der Waals surface area contributed by atoms with Crippen molar-refractivity contribution >= 4 is 45.4 Å². The summed E-state index contributed by atoms with van der Waals surface area (Å²) in [5.41, 5.74) is 2.11. The highest BCUT2D eigenvalue weighted by atomic mass is 33.1. The van der Waals surface area contributed by atoms with E-state index in [-0.39, 0.29) is 5.56 Å². The average molecular weight is 376 g/mol. The number of carboxylic acid groups (broad SMARTS) is 1. The molecule has 3 rings (SSSR count). The van der Waals surface area contributed by atoms with Gasteiger partial charge in [0.1, 0.15) is 5.75 Å². The van der Waals surface area contributed by atoms with Crippen LogP contribution in [0.15, 0.2) is 46.2 Å². The topological polar surface area (TPSA) is 87.7 Å². The zero-order chi connectivity index (χ0) is 17.6. The number of carbonyl (C=O) groups is 2. The molecule has 3 N–H and O–H groups in total. The first-order valence-corrected chi connectivity index (χ1v) is 9.76. The molecule has 0 amide bonds. The van der Waals surface area contributed by atoms with E-state index in [1.807, 2.05) is 6.07 Å². The monoisotopic (exact) mass is 376 g/mol. The van der Waals surface area contributed by atoms with Gasteiger partial charge in [0.05, 0.1) is 5.56 Å². The molecule has 0 bridgehead atoms. The lowest BCUT2D eigenvalue weighted by molar-refractivity contribution is -0.120. The summed E-state index contributed by atoms with van der Waals surface area (Å²) >= 11 is 0. The standard InChI is InChI=1S/C17H16N2O4S2/c20-10-23-12-3-5-14-16(9-12)25-24-15-8-11(17(21)22)2-4-13(15)18-6-1-7-19-14/h2-5,8-10,18-19H,1,6-7H2,(H,21,22). The maximum atomic E-state index is 11.2. The zero-order valence-electron chi connectivity index (χ0n) is 13.2. The fourth-order valence-corrected chi connectivity index (χ4v) is 4.69. The van der Waals surface area contributed by atoms with Gasteiger partial charge in [0.25, 0.3) is 6.47 Å². The molecule has 0 fully saturated rings. The van der Waals surface area contributed by atoms with Crippen molar-refractivity contribution in [2.45, 2.75) is 16.2 Å². The minimum absolute atomic E-state index is 0.250. The van der Waals surface area contributed by atoms with Crippen LogP contribution in [-0.4, -0.2) is 30.6 Å². The van der Waals surface area contributed by atoms with Gasteiger partial charge in [-0.1, -0.05) is 21.6 Å². The number of aromatic carboxylic acids is 1. The second-order valence-electron chi connectivity index (χ2n) is 5.26. The van der Waals surface area contributed by atoms with Crippen molar-refractivity contribution < 1.29 is 19.4 Å². The Bertz CT molecular complexity index is 798. The van der Waals surface area contributed by atoms with Gasteiger partial charge in [-0.15, -0.1) is 0 Å². The molecule has 0 aromatic heterocycles. The maximum Gasteiger partial charge on any atom is 0.335 e. The zero-order valence-corrected chi connectivity index (χ0v) is 14.8. The molecule has 0 atom stereocenters. The van der Waals surface area contributed by atoms with Crippen LogP contribution in [-0.2, 0) is 4.79 Å². The fourth-order valence-electron chi connectivity index (χ4n) is 2.34. The molecular formula is C17H16N2O4S2. The Hall–Kier alpha value is -2.32. The van der Waals surface area contributed by atoms with Crippen LogP contribution >= 0.6 is 21.6 Å². The highest BCUT2D eigenvalue weighted by Gasteiger charge is 2.13. The summed E-state index contributed by atoms with van der Waals surface area (Å²) in [7, 11) is 2.95. The third kappa shape index (κ3) is 4.40. The lowest BCUT2D eigenvalue weighted by Crippen LogP contribution is -2.09. The summed E-state index contributed by atoms with van der Waals surface area (Å²) in [6, 6.07) is 10.5. The van der Waals surface area contributed by atoms with Crippen LogP contribution in [0, 0.1) is 0 Å². The Morgan fingerprint density at radius 1 is 1.04 bits per heavy atom. The summed E-state index contributed by atoms with van der Waals surface area (Å²) in [5, 5.41) is 15.9. The number of hydrogen-bond donors (Lipinski definition) is 3. The van der Waals surface area contributed by atoms with E-state index in [1.165, 1.54) is 21.6 Å². The van der Waals surface area contributed by atoms with Crippen molar-refractivity contribution in [1.82, 2.24) is 0 Å². The summed E-state index contributed by atoms with van der Waals surface area (Å²) < 4.78 is 4.92. The smallest absolute Gasteiger partial charge is 0.335 e. The highest BCUT2D eigenvalue weighted by molar-refractivity contribution is 8.76. The molecule has 130 valence electrons. The molecular weight excluding hydrogens is 360 g/mol. The van der Waals surface area contributed by atoms with Crippen molar-refractivity contribution in [2.75, 3.05) is 23.7 Å². The molecule has 0 spiro atoms. The second-order valence-corrected chi connectivity index (χ2v) is 7.47. The van der Waals surface area contributed by atoms with Gasteiger partial charge in [-0.05, 0) is 42.8 Å². The molecule has 0 saturated carbocycles. The number of hydrogen-bond acceptors (Lipinski definition) is 7. The van der Waals surface area contributed by atoms with Crippen molar-refractivity contribution in [2.24, 2.45) is 0 Å². The minimum Gasteiger partial charge on any atom is -0.478 e. The minimum atomic E-state index is -0.952. The first-order valence-electron chi connectivity index (χ1n) is 7.61. The molecule has 1 aliphatic heterocycles. The lowest BCUT2D eigenvalue weighted by Gasteiger charge is -2.12. The Morgan fingerprint density at radius 2 is 1.68 bits per heavy atom. The van der Waals surface area contributed by atoms with E-state index in [4.69, 9.17) is 4.74 Å². The number of carboxylic acids is 1. The van der Waals surface area contributed by atoms with Crippen LogP contribution in [0.2, 0.25) is 0 Å². The van der Waals surface area contributed by atoms with Crippen LogP contribution in [0.5, 0.6) is 5.75 Å². The van der Waals surface area contributed by atoms with Gasteiger partial charge in [-0.3, -0.25) is 4.79 Å². The van der Waals surface area contributed by atoms with Gasteiger partial charge >= 0.3 is 5.97 Å². The number of ether oxygens (including phenoxy) is 1. The fraction of sp³-hybridized carbons (Fsp3) is 0.176. The Balaban J connectivity index is 1.93. The first-order chi connectivity index (χ1) is 12.2. The van der Waals surface area contributed by atoms with E-state index in [0.29, 0.717) is 12.2 Å². The average Bonchev–Trinajstić information content (AvgIpc) is 2.64. The van der Waals surface area contributed by atoms with Crippen LogP contribution in [0.3, 0.4) is 0 Å². The Morgan fingerprint density at radius 3 is 2.32 bits per heavy atom. The van der Waals surface area contributed by atoms with Gasteiger partial charge in [-0.25, -0.2) is 4.79 Å². The van der Waals surface area contributed by atoms with Gasteiger partial charge in [0.15, 0.2) is 0 Å². The predicted octanol–water partition coefficient (Wildman–Crippen LogP) is 3.95. The van der Waals surface area contributed by atoms with E-state index >= 15 is 0 Å². The number of rotatable bonds is 3. The number of fused-ring (bicyclic) bond motifs is 2. The number of anilines is 2. The number of carbonyl (C=O) groups excluding carboxylic acids is 1. The summed E-state index contributed by atoms with van der Waals surface area (Å²) in [5.74, 6) is -0.484. The Labute approximate surface area is 152 Å². The van der Waals surface area contributed by atoms with Gasteiger partial charge in [0.2, 0.25) is 0 Å². The summed E-state index contributed by atoms with van der Waals surface area (Å²) in [6.07, 6.45) is 0.904. The van der Waals surface area contributed by atoms with E-state index in [0.717, 1.165) is 40.7 Å². The van der Waals surface area contributed by atoms with E-state index in [1.54, 1.807) is 30.3 Å². The van der Waals surface area contributed by atoms with Crippen LogP contribution in [0.4, 0.5) is 11.4 Å². The molecule has 0 radical (unpaired) electrons. The van der Waals surface area contributed by atoms with Crippen LogP contribution in [0.25, 0.3) is 0 Å². The number of nitrogens with one attached hydrogen (secondary N) is 2. The van der Waals surface area contributed by atoms with Crippen LogP contribution < -0.4 is 15.4 Å². The molecule has 1 heterocycles. The normalized spacial score (nSPS) is 13.9. The first kappa shape index (κ1) is 17.5. The van der Waals surface area contributed by atoms with Crippen molar-refractivity contribution in [3.63, 3.8) is 0 Å². The largest absolute Gasteiger partial charge is 0.478 e. The molecule has 1 aliphatic rings. The van der Waals surface area contributed by atoms with Gasteiger partial charge in [-0.2, -0.15) is 0 Å². The molecule has 2 aromatic carbocycles. The van der Waals surface area contributed by atoms with Crippen molar-refractivity contribution in [3.8, 4) is 5.75 Å². The number of benzene rings is 2. The predicted molar refractivity (Wildman–Crippen MR) is 99.8 cm³/mol. The SMILES string of the molecule is O=COc1ccc2c(c1)SSc1cc(C(=O)O)ccc1NCCCN2. The maximum absolute atomic E-state index is 11.2. The highest BCUT2D eigenvalue weighted by Crippen LogP contribution is 2.45. The third-order valence-corrected chi connectivity index (χ3v) is 6.02. The quantitative estimate of drug-likeness (QED) is 0.548. The molecule has 0 aliphatic carbocycles. The van der Waals surface area contributed by atoms with E-state index in [9.17, 15) is 14.7 Å². The molecule has 25 heavy (non-hydrogen) atoms. The molecule has 8 heteroatoms. The van der Waals surface area contributed by atoms with E-state index in [2.05, 4.69) is 10.6 Å². The summed E-state index contributed by atoms with van der Waals surface area (Å²) in [4.78, 5) is 23.6. The third-order valence-electron chi connectivity index (χ3n) is 3.57. The van der Waals surface area contributed by atoms with Crippen molar-refractivity contribution in [3.05, 3.63) is 42.0 Å². The molecule has 0 saturated heterocycles. The summed E-state index contributed by atoms with van der Waals surface area (Å²) in [6.45, 7) is 1.97. The second kappa shape index (κ2) is 8.17. The van der Waals surface area contributed by atoms with Crippen molar-refractivity contribution in [1.29, 1.82) is 0 Å². The van der Waals surface area contributed by atoms with Gasteiger partial charge in [0, 0.05) is 34.3 Å². The lowest BCUT2D eigenvalue weighted by atomic mass is 10.2. The van der Waals surface area contributed by atoms with Crippen LogP contribution in [0.1, 0.15) is 16.8 Å². The molecule has 2 aromatic rings. The molecule has 6 nitrogen and oxygen atoms in total.